The molecule has 0 fully saturated rings. The number of hydrogen-bond donors (Lipinski definition) is 1. The van der Waals surface area contributed by atoms with Crippen molar-refractivity contribution >= 4 is 16.7 Å². The van der Waals surface area contributed by atoms with E-state index >= 15 is 0 Å². The van der Waals surface area contributed by atoms with Crippen molar-refractivity contribution in [3.05, 3.63) is 72.1 Å². The van der Waals surface area contributed by atoms with Gasteiger partial charge in [0.25, 0.3) is 0 Å². The number of aryl methyl sites for hydroxylation is 1. The second-order valence-corrected chi connectivity index (χ2v) is 6.55. The van der Waals surface area contributed by atoms with Crippen molar-refractivity contribution in [1.82, 2.24) is 19.1 Å². The van der Waals surface area contributed by atoms with Crippen LogP contribution in [0.15, 0.2) is 60.0 Å². The summed E-state index contributed by atoms with van der Waals surface area (Å²) in [6.45, 7) is 5.09. The molecule has 2 aromatic carbocycles. The van der Waals surface area contributed by atoms with Gasteiger partial charge in [0.2, 0.25) is 0 Å². The van der Waals surface area contributed by atoms with Crippen LogP contribution in [0, 0.1) is 5.82 Å². The van der Waals surface area contributed by atoms with Crippen LogP contribution in [-0.4, -0.2) is 30.0 Å². The van der Waals surface area contributed by atoms with Gasteiger partial charge in [-0.15, -0.1) is 0 Å². The molecule has 6 nitrogen and oxygen atoms in total. The number of rotatable bonds is 5. The van der Waals surface area contributed by atoms with Gasteiger partial charge in [0.15, 0.2) is 0 Å². The summed E-state index contributed by atoms with van der Waals surface area (Å²) in [5.74, 6) is 1.28. The quantitative estimate of drug-likeness (QED) is 0.320. The summed E-state index contributed by atoms with van der Waals surface area (Å²) >= 11 is 0. The average molecular weight is 377 g/mol. The van der Waals surface area contributed by atoms with Gasteiger partial charge in [0.1, 0.15) is 17.5 Å². The number of oxime groups is 1. The van der Waals surface area contributed by atoms with E-state index in [0.29, 0.717) is 18.1 Å². The Morgan fingerprint density at radius 2 is 2.07 bits per heavy atom. The second-order valence-electron chi connectivity index (χ2n) is 6.55. The van der Waals surface area contributed by atoms with E-state index < -0.39 is 0 Å². The summed E-state index contributed by atoms with van der Waals surface area (Å²) in [5.41, 5.74) is 3.94. The van der Waals surface area contributed by atoms with Gasteiger partial charge in [-0.3, -0.25) is 0 Å². The minimum Gasteiger partial charge on any atom is -0.411 e. The zero-order chi connectivity index (χ0) is 19.7. The van der Waals surface area contributed by atoms with Crippen LogP contribution in [0.5, 0.6) is 0 Å². The Morgan fingerprint density at radius 1 is 1.21 bits per heavy atom. The van der Waals surface area contributed by atoms with Crippen molar-refractivity contribution < 1.29 is 9.60 Å². The van der Waals surface area contributed by atoms with Crippen LogP contribution in [0.1, 0.15) is 25.2 Å². The van der Waals surface area contributed by atoms with Crippen LogP contribution in [0.2, 0.25) is 0 Å². The lowest BCUT2D eigenvalue weighted by molar-refractivity contribution is 0.319. The third-order valence-corrected chi connectivity index (χ3v) is 4.82. The Labute approximate surface area is 161 Å². The summed E-state index contributed by atoms with van der Waals surface area (Å²) in [4.78, 5) is 9.19. The summed E-state index contributed by atoms with van der Waals surface area (Å²) in [6.07, 6.45) is 3.58. The molecule has 0 aliphatic carbocycles. The van der Waals surface area contributed by atoms with Gasteiger partial charge in [-0.2, -0.15) is 0 Å². The van der Waals surface area contributed by atoms with Crippen LogP contribution in [0.25, 0.3) is 22.4 Å². The molecule has 0 saturated heterocycles. The van der Waals surface area contributed by atoms with Crippen LogP contribution in [0.3, 0.4) is 0 Å². The first-order valence-electron chi connectivity index (χ1n) is 9.06. The molecule has 0 unspecified atom stereocenters. The van der Waals surface area contributed by atoms with Gasteiger partial charge in [-0.25, -0.2) is 14.4 Å². The summed E-state index contributed by atoms with van der Waals surface area (Å²) < 4.78 is 17.7. The van der Waals surface area contributed by atoms with Crippen molar-refractivity contribution in [2.75, 3.05) is 0 Å². The van der Waals surface area contributed by atoms with Gasteiger partial charge in [0, 0.05) is 30.1 Å². The van der Waals surface area contributed by atoms with E-state index in [9.17, 15) is 4.39 Å². The number of halogens is 1. The van der Waals surface area contributed by atoms with E-state index in [1.54, 1.807) is 19.2 Å². The molecule has 0 bridgehead atoms. The molecule has 0 aliphatic heterocycles. The van der Waals surface area contributed by atoms with Crippen molar-refractivity contribution in [2.45, 2.75) is 26.9 Å². The first-order chi connectivity index (χ1) is 13.6. The molecule has 2 heterocycles. The van der Waals surface area contributed by atoms with Crippen molar-refractivity contribution in [2.24, 2.45) is 5.16 Å². The predicted molar refractivity (Wildman–Crippen MR) is 106 cm³/mol. The summed E-state index contributed by atoms with van der Waals surface area (Å²) in [6, 6.07) is 12.2. The largest absolute Gasteiger partial charge is 0.411 e. The molecule has 28 heavy (non-hydrogen) atoms. The SMILES string of the molecule is CCn1c(Cn2ccnc2-c2cccc(F)c2)nc2cc(C(C)=NO)ccc21. The second kappa shape index (κ2) is 7.26. The molecule has 142 valence electrons. The van der Waals surface area contributed by atoms with E-state index in [4.69, 9.17) is 10.2 Å². The van der Waals surface area contributed by atoms with E-state index in [1.807, 2.05) is 35.0 Å². The van der Waals surface area contributed by atoms with E-state index in [2.05, 4.69) is 21.6 Å². The molecular formula is C21H20FN5O. The number of fused-ring (bicyclic) bond motifs is 1. The summed E-state index contributed by atoms with van der Waals surface area (Å²) in [5, 5.41) is 12.3. The molecule has 0 radical (unpaired) electrons. The maximum absolute atomic E-state index is 13.6. The van der Waals surface area contributed by atoms with Crippen LogP contribution in [-0.2, 0) is 13.1 Å². The van der Waals surface area contributed by atoms with Crippen LogP contribution in [0.4, 0.5) is 4.39 Å². The van der Waals surface area contributed by atoms with Crippen molar-refractivity contribution in [3.63, 3.8) is 0 Å². The smallest absolute Gasteiger partial charge is 0.140 e. The Kier molecular flexibility index (Phi) is 4.65. The highest BCUT2D eigenvalue weighted by atomic mass is 19.1. The maximum Gasteiger partial charge on any atom is 0.140 e. The zero-order valence-corrected chi connectivity index (χ0v) is 15.7. The predicted octanol–water partition coefficient (Wildman–Crippen LogP) is 4.31. The Morgan fingerprint density at radius 3 is 2.82 bits per heavy atom. The molecule has 0 amide bonds. The highest BCUT2D eigenvalue weighted by Gasteiger charge is 2.14. The van der Waals surface area contributed by atoms with Gasteiger partial charge in [0.05, 0.1) is 23.3 Å². The van der Waals surface area contributed by atoms with Crippen molar-refractivity contribution in [3.8, 4) is 11.4 Å². The Balaban J connectivity index is 1.76. The number of hydrogen-bond acceptors (Lipinski definition) is 4. The number of imidazole rings is 2. The van der Waals surface area contributed by atoms with E-state index in [0.717, 1.165) is 34.5 Å². The monoisotopic (exact) mass is 377 g/mol. The molecule has 0 atom stereocenters. The highest BCUT2D eigenvalue weighted by Crippen LogP contribution is 2.22. The first kappa shape index (κ1) is 17.9. The molecule has 1 N–H and O–H groups in total. The fourth-order valence-corrected chi connectivity index (χ4v) is 3.41. The first-order valence-corrected chi connectivity index (χ1v) is 9.06. The molecule has 0 saturated carbocycles. The third kappa shape index (κ3) is 3.15. The fraction of sp³-hybridized carbons (Fsp3) is 0.190. The number of benzene rings is 2. The third-order valence-electron chi connectivity index (χ3n) is 4.82. The lowest BCUT2D eigenvalue weighted by Crippen LogP contribution is -2.08. The van der Waals surface area contributed by atoms with Crippen LogP contribution < -0.4 is 0 Å². The number of aromatic nitrogens is 4. The topological polar surface area (TPSA) is 68.2 Å². The maximum atomic E-state index is 13.6. The van der Waals surface area contributed by atoms with Crippen molar-refractivity contribution in [1.29, 1.82) is 0 Å². The Hall–Kier alpha value is -3.48. The normalized spacial score (nSPS) is 12.0. The molecular weight excluding hydrogens is 357 g/mol. The standard InChI is InChI=1S/C21H20FN5O/c1-3-27-19-8-7-15(14(2)25-28)12-18(19)24-20(27)13-26-10-9-23-21(26)16-5-4-6-17(22)11-16/h4-12,28H,3,13H2,1-2H3. The molecule has 0 aliphatic rings. The average Bonchev–Trinajstić information content (AvgIpc) is 3.30. The van der Waals surface area contributed by atoms with E-state index in [-0.39, 0.29) is 5.82 Å². The zero-order valence-electron chi connectivity index (χ0n) is 15.7. The molecule has 4 rings (SSSR count). The minimum absolute atomic E-state index is 0.290. The van der Waals surface area contributed by atoms with Gasteiger partial charge >= 0.3 is 0 Å². The molecule has 0 spiro atoms. The fourth-order valence-electron chi connectivity index (χ4n) is 3.41. The Bertz CT molecular complexity index is 1170. The van der Waals surface area contributed by atoms with Crippen LogP contribution >= 0.6 is 0 Å². The lowest BCUT2D eigenvalue weighted by Gasteiger charge is -2.10. The molecule has 7 heteroatoms. The van der Waals surface area contributed by atoms with E-state index in [1.165, 1.54) is 12.1 Å². The van der Waals surface area contributed by atoms with Gasteiger partial charge in [-0.1, -0.05) is 23.4 Å². The lowest BCUT2D eigenvalue weighted by atomic mass is 10.1. The van der Waals surface area contributed by atoms with Gasteiger partial charge in [-0.05, 0) is 38.1 Å². The molecule has 2 aromatic heterocycles. The summed E-state index contributed by atoms with van der Waals surface area (Å²) in [7, 11) is 0. The molecule has 4 aromatic rings. The minimum atomic E-state index is -0.290. The highest BCUT2D eigenvalue weighted by molar-refractivity contribution is 6.00. The van der Waals surface area contributed by atoms with Gasteiger partial charge < -0.3 is 14.3 Å². The number of nitrogens with zero attached hydrogens (tertiary/aromatic N) is 5.